The second-order valence-corrected chi connectivity index (χ2v) is 13.6. The van der Waals surface area contributed by atoms with Crippen LogP contribution >= 0.6 is 0 Å². The van der Waals surface area contributed by atoms with E-state index in [1.807, 2.05) is 12.1 Å². The third-order valence-electron chi connectivity index (χ3n) is 10.6. The molecular weight excluding hydrogens is 647 g/mol. The van der Waals surface area contributed by atoms with Crippen LogP contribution in [0.25, 0.3) is 99.8 Å². The second kappa shape index (κ2) is 11.7. The molecule has 0 aliphatic rings. The van der Waals surface area contributed by atoms with Crippen LogP contribution in [0.5, 0.6) is 0 Å². The molecule has 0 atom stereocenters. The lowest BCUT2D eigenvalue weighted by atomic mass is 9.98. The molecule has 4 nitrogen and oxygen atoms in total. The Morgan fingerprint density at radius 1 is 0.415 bits per heavy atom. The molecule has 0 bridgehead atoms. The summed E-state index contributed by atoms with van der Waals surface area (Å²) in [5, 5.41) is 4.64. The van der Waals surface area contributed by atoms with Crippen LogP contribution in [0.1, 0.15) is 0 Å². The molecule has 0 fully saturated rings. The minimum atomic E-state index is 0.868. The molecule has 11 aromatic rings. The molecule has 3 heterocycles. The molecule has 3 aromatic heterocycles. The van der Waals surface area contributed by atoms with E-state index in [1.54, 1.807) is 0 Å². The monoisotopic (exact) mass is 677 g/mol. The van der Waals surface area contributed by atoms with E-state index in [4.69, 9.17) is 9.40 Å². The number of fused-ring (bicyclic) bond motifs is 7. The number of nitrogens with zero attached hydrogens (tertiary/aromatic N) is 3. The molecule has 11 rings (SSSR count). The molecule has 0 aliphatic carbocycles. The Hall–Kier alpha value is -7.17. The van der Waals surface area contributed by atoms with E-state index in [9.17, 15) is 0 Å². The van der Waals surface area contributed by atoms with Gasteiger partial charge in [-0.2, -0.15) is 0 Å². The van der Waals surface area contributed by atoms with Crippen LogP contribution in [0, 0.1) is 0 Å². The number of aromatic nitrogens is 3. The average Bonchev–Trinajstić information content (AvgIpc) is 3.91. The molecular formula is C49H31N3O. The van der Waals surface area contributed by atoms with Crippen molar-refractivity contribution < 1.29 is 4.42 Å². The Bertz CT molecular complexity index is 3150. The largest absolute Gasteiger partial charge is 0.454 e. The summed E-state index contributed by atoms with van der Waals surface area (Å²) in [7, 11) is 0. The van der Waals surface area contributed by atoms with Crippen molar-refractivity contribution in [2.24, 2.45) is 0 Å². The molecule has 0 aliphatic heterocycles. The predicted molar refractivity (Wildman–Crippen MR) is 219 cm³/mol. The maximum absolute atomic E-state index is 6.82. The number of furan rings is 1. The highest BCUT2D eigenvalue weighted by atomic mass is 16.3. The molecule has 0 unspecified atom stereocenters. The fourth-order valence-corrected chi connectivity index (χ4v) is 8.15. The van der Waals surface area contributed by atoms with E-state index < -0.39 is 0 Å². The smallest absolute Gasteiger partial charge is 0.159 e. The summed E-state index contributed by atoms with van der Waals surface area (Å²) in [4.78, 5) is 5.09. The zero-order chi connectivity index (χ0) is 34.9. The maximum Gasteiger partial charge on any atom is 0.159 e. The number of rotatable bonds is 5. The molecule has 8 aromatic carbocycles. The van der Waals surface area contributed by atoms with Crippen molar-refractivity contribution in [1.29, 1.82) is 0 Å². The number of imidazole rings is 1. The first kappa shape index (κ1) is 29.5. The topological polar surface area (TPSA) is 35.9 Å². The van der Waals surface area contributed by atoms with E-state index in [0.29, 0.717) is 0 Å². The number of hydrogen-bond acceptors (Lipinski definition) is 2. The van der Waals surface area contributed by atoms with Gasteiger partial charge in [-0.05, 0) is 76.9 Å². The lowest BCUT2D eigenvalue weighted by Crippen LogP contribution is -1.97. The summed E-state index contributed by atoms with van der Waals surface area (Å²) >= 11 is 0. The van der Waals surface area contributed by atoms with Crippen molar-refractivity contribution >= 4 is 54.8 Å². The van der Waals surface area contributed by atoms with Gasteiger partial charge >= 0.3 is 0 Å². The van der Waals surface area contributed by atoms with Gasteiger partial charge in [0.05, 0.1) is 27.8 Å². The van der Waals surface area contributed by atoms with Crippen LogP contribution < -0.4 is 0 Å². The van der Waals surface area contributed by atoms with E-state index in [1.165, 1.54) is 21.9 Å². The standard InChI is InChI=1S/C49H31N3O/c1-3-13-32(14-4-1)35-29-30-43-40(31-35)38-17-7-9-21-42(38)52(43)45-23-11-19-39-47-37(18-12-24-46(47)53-48(39)45)33-25-27-34(28-26-33)49-50-41-20-8-10-22-44(41)51(49)36-15-5-2-6-16-36/h1-31H. The summed E-state index contributed by atoms with van der Waals surface area (Å²) in [6.45, 7) is 0. The normalized spacial score (nSPS) is 11.8. The van der Waals surface area contributed by atoms with Crippen LogP contribution in [0.4, 0.5) is 0 Å². The second-order valence-electron chi connectivity index (χ2n) is 13.6. The minimum Gasteiger partial charge on any atom is -0.454 e. The Balaban J connectivity index is 1.06. The quantitative estimate of drug-likeness (QED) is 0.182. The Morgan fingerprint density at radius 3 is 1.92 bits per heavy atom. The lowest BCUT2D eigenvalue weighted by Gasteiger charge is -2.11. The van der Waals surface area contributed by atoms with Crippen molar-refractivity contribution in [2.75, 3.05) is 0 Å². The van der Waals surface area contributed by atoms with E-state index in [2.05, 4.69) is 185 Å². The minimum absolute atomic E-state index is 0.868. The molecule has 4 heteroatoms. The van der Waals surface area contributed by atoms with E-state index >= 15 is 0 Å². The summed E-state index contributed by atoms with van der Waals surface area (Å²) < 4.78 is 11.4. The van der Waals surface area contributed by atoms with Gasteiger partial charge in [0.25, 0.3) is 0 Å². The van der Waals surface area contributed by atoms with E-state index in [0.717, 1.165) is 77.9 Å². The lowest BCUT2D eigenvalue weighted by molar-refractivity contribution is 0.666. The van der Waals surface area contributed by atoms with Gasteiger partial charge in [0, 0.05) is 32.8 Å². The zero-order valence-corrected chi connectivity index (χ0v) is 28.6. The fraction of sp³-hybridized carbons (Fsp3) is 0. The highest BCUT2D eigenvalue weighted by molar-refractivity contribution is 6.16. The Kier molecular flexibility index (Phi) is 6.52. The van der Waals surface area contributed by atoms with Crippen molar-refractivity contribution in [1.82, 2.24) is 14.1 Å². The molecule has 0 N–H and O–H groups in total. The summed E-state index contributed by atoms with van der Waals surface area (Å²) in [6, 6.07) is 66.5. The molecule has 53 heavy (non-hydrogen) atoms. The highest BCUT2D eigenvalue weighted by Crippen LogP contribution is 2.42. The van der Waals surface area contributed by atoms with Gasteiger partial charge in [0.2, 0.25) is 0 Å². The van der Waals surface area contributed by atoms with Gasteiger partial charge in [-0.25, -0.2) is 4.98 Å². The number of para-hydroxylation sites is 5. The van der Waals surface area contributed by atoms with Gasteiger partial charge in [-0.1, -0.05) is 133 Å². The zero-order valence-electron chi connectivity index (χ0n) is 28.6. The van der Waals surface area contributed by atoms with Crippen LogP contribution in [-0.2, 0) is 0 Å². The highest BCUT2D eigenvalue weighted by Gasteiger charge is 2.20. The van der Waals surface area contributed by atoms with Gasteiger partial charge < -0.3 is 8.98 Å². The fourth-order valence-electron chi connectivity index (χ4n) is 8.15. The van der Waals surface area contributed by atoms with Crippen LogP contribution in [0.2, 0.25) is 0 Å². The predicted octanol–water partition coefficient (Wildman–Crippen LogP) is 13.0. The summed E-state index contributed by atoms with van der Waals surface area (Å²) in [5.41, 5.74) is 13.9. The molecule has 0 saturated carbocycles. The first-order valence-electron chi connectivity index (χ1n) is 18.0. The number of benzene rings is 8. The van der Waals surface area contributed by atoms with Crippen molar-refractivity contribution in [2.45, 2.75) is 0 Å². The molecule has 248 valence electrons. The van der Waals surface area contributed by atoms with Gasteiger partial charge in [0.1, 0.15) is 11.4 Å². The third kappa shape index (κ3) is 4.59. The molecule has 0 spiro atoms. The molecule has 0 radical (unpaired) electrons. The van der Waals surface area contributed by atoms with Crippen molar-refractivity contribution in [3.05, 3.63) is 188 Å². The third-order valence-corrected chi connectivity index (χ3v) is 10.6. The van der Waals surface area contributed by atoms with Crippen LogP contribution in [-0.4, -0.2) is 14.1 Å². The van der Waals surface area contributed by atoms with Gasteiger partial charge in [-0.15, -0.1) is 0 Å². The summed E-state index contributed by atoms with van der Waals surface area (Å²) in [6.07, 6.45) is 0. The van der Waals surface area contributed by atoms with Crippen LogP contribution in [0.15, 0.2) is 192 Å². The maximum atomic E-state index is 6.82. The number of hydrogen-bond donors (Lipinski definition) is 0. The Morgan fingerprint density at radius 2 is 1.08 bits per heavy atom. The van der Waals surface area contributed by atoms with Crippen LogP contribution in [0.3, 0.4) is 0 Å². The van der Waals surface area contributed by atoms with Gasteiger partial charge in [-0.3, -0.25) is 4.57 Å². The van der Waals surface area contributed by atoms with E-state index in [-0.39, 0.29) is 0 Å². The molecule has 0 saturated heterocycles. The first-order chi connectivity index (χ1) is 26.3. The van der Waals surface area contributed by atoms with Gasteiger partial charge in [0.15, 0.2) is 5.58 Å². The summed E-state index contributed by atoms with van der Waals surface area (Å²) in [5.74, 6) is 0.919. The average molecular weight is 678 g/mol. The Labute approximate surface area is 305 Å². The molecule has 0 amide bonds. The van der Waals surface area contributed by atoms with Crippen molar-refractivity contribution in [3.8, 4) is 45.0 Å². The first-order valence-corrected chi connectivity index (χ1v) is 18.0. The SMILES string of the molecule is c1ccc(-c2ccc3c(c2)c2ccccc2n3-c2cccc3c2oc2cccc(-c4ccc(-c5nc6ccccc6n5-c5ccccc5)cc4)c23)cc1. The van der Waals surface area contributed by atoms with Crippen molar-refractivity contribution in [3.63, 3.8) is 0 Å².